The zero-order chi connectivity index (χ0) is 22.0. The number of fused-ring (bicyclic) bond motifs is 1. The number of sulfonamides is 1. The molecule has 2 aromatic carbocycles. The number of aromatic nitrogens is 4. The van der Waals surface area contributed by atoms with Crippen molar-refractivity contribution in [2.24, 2.45) is 0 Å². The van der Waals surface area contributed by atoms with Gasteiger partial charge in [-0.2, -0.15) is 4.52 Å². The molecule has 0 spiro atoms. The summed E-state index contributed by atoms with van der Waals surface area (Å²) in [6, 6.07) is 11.5. The van der Waals surface area contributed by atoms with Crippen LogP contribution in [-0.2, 0) is 10.0 Å². The molecule has 8 nitrogen and oxygen atoms in total. The lowest BCUT2D eigenvalue weighted by molar-refractivity contribution is 0.305. The zero-order valence-electron chi connectivity index (χ0n) is 15.7. The second kappa shape index (κ2) is 8.32. The third kappa shape index (κ3) is 4.34. The molecule has 2 heterocycles. The molecule has 0 unspecified atom stereocenters. The summed E-state index contributed by atoms with van der Waals surface area (Å²) in [6.45, 7) is -0.426. The number of ether oxygens (including phenoxy) is 1. The highest BCUT2D eigenvalue weighted by atomic mass is 32.2. The van der Waals surface area contributed by atoms with E-state index < -0.39 is 32.4 Å². The Labute approximate surface area is 174 Å². The van der Waals surface area contributed by atoms with Crippen LogP contribution in [0.1, 0.15) is 0 Å². The molecule has 2 aromatic heterocycles. The Bertz CT molecular complexity index is 1320. The lowest BCUT2D eigenvalue weighted by Crippen LogP contribution is -2.29. The molecule has 12 heteroatoms. The van der Waals surface area contributed by atoms with Gasteiger partial charge in [-0.05, 0) is 42.5 Å². The summed E-state index contributed by atoms with van der Waals surface area (Å²) >= 11 is 0. The van der Waals surface area contributed by atoms with Crippen molar-refractivity contribution in [2.45, 2.75) is 4.90 Å². The molecule has 0 fully saturated rings. The summed E-state index contributed by atoms with van der Waals surface area (Å²) in [5.74, 6) is -2.29. The summed E-state index contributed by atoms with van der Waals surface area (Å²) in [7, 11) is -4.40. The van der Waals surface area contributed by atoms with Gasteiger partial charge in [-0.1, -0.05) is 6.07 Å². The maximum atomic E-state index is 13.7. The van der Waals surface area contributed by atoms with Crippen LogP contribution in [0.4, 0.5) is 13.2 Å². The normalized spacial score (nSPS) is 11.7. The number of halogens is 3. The number of nitrogens with one attached hydrogen (secondary N) is 1. The first-order valence-electron chi connectivity index (χ1n) is 8.90. The van der Waals surface area contributed by atoms with Crippen molar-refractivity contribution in [3.05, 3.63) is 72.0 Å². The van der Waals surface area contributed by atoms with Gasteiger partial charge < -0.3 is 4.74 Å². The molecule has 0 aliphatic rings. The van der Waals surface area contributed by atoms with Gasteiger partial charge >= 0.3 is 0 Å². The first kappa shape index (κ1) is 20.8. The SMILES string of the molecule is O=S(=O)(NCCOc1ccc2nnc(-c3ccc(F)cc3)n2n1)c1c(F)cccc1F. The maximum absolute atomic E-state index is 13.7. The van der Waals surface area contributed by atoms with E-state index in [0.717, 1.165) is 18.2 Å². The fourth-order valence-corrected chi connectivity index (χ4v) is 3.92. The van der Waals surface area contributed by atoms with Crippen molar-refractivity contribution in [1.82, 2.24) is 24.5 Å². The monoisotopic (exact) mass is 449 g/mol. The van der Waals surface area contributed by atoms with Gasteiger partial charge in [0.1, 0.15) is 24.1 Å². The highest BCUT2D eigenvalue weighted by Gasteiger charge is 2.23. The summed E-state index contributed by atoms with van der Waals surface area (Å²) < 4.78 is 73.7. The Balaban J connectivity index is 1.45. The van der Waals surface area contributed by atoms with Crippen LogP contribution >= 0.6 is 0 Å². The summed E-state index contributed by atoms with van der Waals surface area (Å²) in [4.78, 5) is -1.05. The Morgan fingerprint density at radius 3 is 2.35 bits per heavy atom. The van der Waals surface area contributed by atoms with Gasteiger partial charge in [-0.25, -0.2) is 26.3 Å². The largest absolute Gasteiger partial charge is 0.475 e. The Morgan fingerprint density at radius 2 is 1.65 bits per heavy atom. The molecule has 4 aromatic rings. The van der Waals surface area contributed by atoms with Gasteiger partial charge in [0.25, 0.3) is 0 Å². The highest BCUT2D eigenvalue weighted by Crippen LogP contribution is 2.20. The number of benzene rings is 2. The summed E-state index contributed by atoms with van der Waals surface area (Å²) in [5.41, 5.74) is 1.00. The molecular formula is C19H14F3N5O3S. The fraction of sp³-hybridized carbons (Fsp3) is 0.105. The molecule has 160 valence electrons. The average Bonchev–Trinajstić information content (AvgIpc) is 3.15. The smallest absolute Gasteiger partial charge is 0.246 e. The van der Waals surface area contributed by atoms with E-state index in [1.165, 1.54) is 34.8 Å². The van der Waals surface area contributed by atoms with Crippen LogP contribution in [0.25, 0.3) is 17.0 Å². The Morgan fingerprint density at radius 1 is 0.935 bits per heavy atom. The quantitative estimate of drug-likeness (QED) is 0.436. The molecule has 0 amide bonds. The number of rotatable bonds is 7. The molecule has 31 heavy (non-hydrogen) atoms. The van der Waals surface area contributed by atoms with Crippen LogP contribution in [0.2, 0.25) is 0 Å². The van der Waals surface area contributed by atoms with Crippen molar-refractivity contribution in [2.75, 3.05) is 13.2 Å². The van der Waals surface area contributed by atoms with Gasteiger partial charge in [0, 0.05) is 18.2 Å². The van der Waals surface area contributed by atoms with Crippen molar-refractivity contribution in [3.8, 4) is 17.3 Å². The third-order valence-electron chi connectivity index (χ3n) is 4.17. The minimum Gasteiger partial charge on any atom is -0.475 e. The van der Waals surface area contributed by atoms with Gasteiger partial charge in [-0.15, -0.1) is 15.3 Å². The van der Waals surface area contributed by atoms with Crippen LogP contribution in [0, 0.1) is 17.5 Å². The number of nitrogens with zero attached hydrogens (tertiary/aromatic N) is 4. The summed E-state index contributed by atoms with van der Waals surface area (Å²) in [5, 5.41) is 12.2. The minimum atomic E-state index is -4.40. The van der Waals surface area contributed by atoms with E-state index in [-0.39, 0.29) is 19.0 Å². The summed E-state index contributed by atoms with van der Waals surface area (Å²) in [6.07, 6.45) is 0. The van der Waals surface area contributed by atoms with E-state index in [1.54, 1.807) is 6.07 Å². The molecule has 0 saturated carbocycles. The lowest BCUT2D eigenvalue weighted by atomic mass is 10.2. The van der Waals surface area contributed by atoms with Crippen molar-refractivity contribution in [3.63, 3.8) is 0 Å². The van der Waals surface area contributed by atoms with Crippen LogP contribution in [-0.4, -0.2) is 41.4 Å². The molecule has 0 radical (unpaired) electrons. The molecule has 4 rings (SSSR count). The average molecular weight is 449 g/mol. The van der Waals surface area contributed by atoms with E-state index in [9.17, 15) is 21.6 Å². The maximum Gasteiger partial charge on any atom is 0.246 e. The first-order valence-corrected chi connectivity index (χ1v) is 10.4. The van der Waals surface area contributed by atoms with Crippen molar-refractivity contribution >= 4 is 15.7 Å². The van der Waals surface area contributed by atoms with Gasteiger partial charge in [-0.3, -0.25) is 0 Å². The second-order valence-corrected chi connectivity index (χ2v) is 7.97. The molecule has 0 atom stereocenters. The lowest BCUT2D eigenvalue weighted by Gasteiger charge is -2.09. The predicted octanol–water partition coefficient (Wildman–Crippen LogP) is 2.57. The van der Waals surface area contributed by atoms with E-state index in [2.05, 4.69) is 20.0 Å². The van der Waals surface area contributed by atoms with Crippen LogP contribution in [0.3, 0.4) is 0 Å². The molecule has 0 saturated heterocycles. The van der Waals surface area contributed by atoms with Crippen molar-refractivity contribution < 1.29 is 26.3 Å². The van der Waals surface area contributed by atoms with Gasteiger partial charge in [0.15, 0.2) is 16.4 Å². The predicted molar refractivity (Wildman–Crippen MR) is 103 cm³/mol. The van der Waals surface area contributed by atoms with Crippen molar-refractivity contribution in [1.29, 1.82) is 0 Å². The van der Waals surface area contributed by atoms with Crippen LogP contribution < -0.4 is 9.46 Å². The zero-order valence-corrected chi connectivity index (χ0v) is 16.5. The van der Waals surface area contributed by atoms with E-state index in [4.69, 9.17) is 4.74 Å². The van der Waals surface area contributed by atoms with Gasteiger partial charge in [0.05, 0.1) is 0 Å². The second-order valence-electron chi connectivity index (χ2n) is 6.27. The minimum absolute atomic E-state index is 0.131. The molecular weight excluding hydrogens is 435 g/mol. The van der Waals surface area contributed by atoms with Crippen LogP contribution in [0.15, 0.2) is 59.5 Å². The Kier molecular flexibility index (Phi) is 5.57. The highest BCUT2D eigenvalue weighted by molar-refractivity contribution is 7.89. The Hall–Kier alpha value is -3.51. The van der Waals surface area contributed by atoms with Crippen LogP contribution in [0.5, 0.6) is 5.88 Å². The standard InChI is InChI=1S/C19H14F3N5O3S/c20-13-6-4-12(5-7-13)19-25-24-16-8-9-17(26-27(16)19)30-11-10-23-31(28,29)18-14(21)2-1-3-15(18)22/h1-9,23H,10-11H2. The fourth-order valence-electron chi connectivity index (χ4n) is 2.77. The number of hydrogen-bond donors (Lipinski definition) is 1. The van der Waals surface area contributed by atoms with E-state index in [0.29, 0.717) is 17.0 Å². The molecule has 0 aliphatic carbocycles. The topological polar surface area (TPSA) is 98.5 Å². The first-order chi connectivity index (χ1) is 14.8. The molecule has 0 aliphatic heterocycles. The molecule has 0 bridgehead atoms. The van der Waals surface area contributed by atoms with E-state index >= 15 is 0 Å². The number of hydrogen-bond acceptors (Lipinski definition) is 6. The van der Waals surface area contributed by atoms with E-state index in [1.807, 2.05) is 0 Å². The molecule has 1 N–H and O–H groups in total. The third-order valence-corrected chi connectivity index (χ3v) is 5.68. The van der Waals surface area contributed by atoms with Gasteiger partial charge in [0.2, 0.25) is 15.9 Å².